The average molecular weight is 406 g/mol. The lowest BCUT2D eigenvalue weighted by atomic mass is 10.1. The van der Waals surface area contributed by atoms with Gasteiger partial charge in [0.25, 0.3) is 0 Å². The van der Waals surface area contributed by atoms with E-state index in [4.69, 9.17) is 32.7 Å². The molecule has 2 aromatic carbocycles. The number of H-pyrrole nitrogens is 1. The molecule has 0 bridgehead atoms. The van der Waals surface area contributed by atoms with Crippen LogP contribution in [0.5, 0.6) is 11.5 Å². The molecule has 0 aliphatic rings. The van der Waals surface area contributed by atoms with Crippen LogP contribution in [0.4, 0.5) is 5.69 Å². The van der Waals surface area contributed by atoms with Crippen LogP contribution in [0.2, 0.25) is 10.0 Å². The molecule has 0 amide bonds. The molecule has 0 unspecified atom stereocenters. The van der Waals surface area contributed by atoms with Crippen LogP contribution in [0, 0.1) is 0 Å². The predicted molar refractivity (Wildman–Crippen MR) is 111 cm³/mol. The van der Waals surface area contributed by atoms with Gasteiger partial charge in [-0.25, -0.2) is 0 Å². The van der Waals surface area contributed by atoms with Crippen LogP contribution in [0.15, 0.2) is 36.4 Å². The van der Waals surface area contributed by atoms with Crippen molar-refractivity contribution in [1.82, 2.24) is 10.2 Å². The number of methoxy groups -OCH3 is 2. The number of rotatable bonds is 7. The molecule has 5 nitrogen and oxygen atoms in total. The Morgan fingerprint density at radius 2 is 1.67 bits per heavy atom. The second kappa shape index (κ2) is 8.55. The third kappa shape index (κ3) is 3.99. The maximum Gasteiger partial charge on any atom is 0.141 e. The highest BCUT2D eigenvalue weighted by atomic mass is 35.5. The van der Waals surface area contributed by atoms with Gasteiger partial charge in [0.2, 0.25) is 0 Å². The van der Waals surface area contributed by atoms with Crippen molar-refractivity contribution in [1.29, 1.82) is 0 Å². The number of aromatic nitrogens is 2. The molecule has 142 valence electrons. The van der Waals surface area contributed by atoms with Gasteiger partial charge in [-0.05, 0) is 30.5 Å². The largest absolute Gasteiger partial charge is 0.495 e. The van der Waals surface area contributed by atoms with E-state index >= 15 is 0 Å². The summed E-state index contributed by atoms with van der Waals surface area (Å²) < 4.78 is 10.6. The predicted octanol–water partition coefficient (Wildman–Crippen LogP) is 5.23. The first-order chi connectivity index (χ1) is 13.1. The number of hydrogen-bond acceptors (Lipinski definition) is 4. The van der Waals surface area contributed by atoms with E-state index in [-0.39, 0.29) is 0 Å². The molecular formula is C20H21Cl2N3O2. The Morgan fingerprint density at radius 3 is 2.30 bits per heavy atom. The van der Waals surface area contributed by atoms with E-state index in [0.29, 0.717) is 34.4 Å². The van der Waals surface area contributed by atoms with Crippen LogP contribution in [-0.2, 0) is 12.8 Å². The summed E-state index contributed by atoms with van der Waals surface area (Å²) in [6.45, 7) is 0. The summed E-state index contributed by atoms with van der Waals surface area (Å²) in [6, 6.07) is 11.8. The third-order valence-corrected chi connectivity index (χ3v) is 5.24. The van der Waals surface area contributed by atoms with Gasteiger partial charge in [0.05, 0.1) is 30.0 Å². The fraction of sp³-hybridized carbons (Fsp3) is 0.250. The molecule has 0 radical (unpaired) electrons. The summed E-state index contributed by atoms with van der Waals surface area (Å²) in [6.07, 6.45) is 1.32. The zero-order chi connectivity index (χ0) is 19.4. The van der Waals surface area contributed by atoms with Crippen molar-refractivity contribution in [2.45, 2.75) is 12.8 Å². The Bertz CT molecular complexity index is 913. The quantitative estimate of drug-likeness (QED) is 0.564. The van der Waals surface area contributed by atoms with Crippen LogP contribution < -0.4 is 14.8 Å². The van der Waals surface area contributed by atoms with Crippen molar-refractivity contribution in [3.63, 3.8) is 0 Å². The smallest absolute Gasteiger partial charge is 0.141 e. The van der Waals surface area contributed by atoms with Gasteiger partial charge in [0, 0.05) is 30.1 Å². The zero-order valence-corrected chi connectivity index (χ0v) is 16.9. The Hall–Kier alpha value is -2.37. The molecule has 1 aromatic heterocycles. The standard InChI is InChI=1S/C20H21Cl2N3O2/c1-23-15-7-5-4-6-13(15)16-10-12(24-25-16)8-9-14-19(21)17(26-2)11-18(27-3)20(14)22/h4-7,10-11,23H,8-9H2,1-3H3,(H,24,25). The highest BCUT2D eigenvalue weighted by Crippen LogP contribution is 2.41. The lowest BCUT2D eigenvalue weighted by molar-refractivity contribution is 0.393. The molecule has 0 fully saturated rings. The van der Waals surface area contributed by atoms with E-state index in [2.05, 4.69) is 15.5 Å². The first-order valence-corrected chi connectivity index (χ1v) is 9.25. The first kappa shape index (κ1) is 19.4. The fourth-order valence-electron chi connectivity index (χ4n) is 2.97. The number of benzene rings is 2. The molecule has 0 saturated heterocycles. The number of aromatic amines is 1. The molecule has 0 spiro atoms. The summed E-state index contributed by atoms with van der Waals surface area (Å²) >= 11 is 12.9. The van der Waals surface area contributed by atoms with Gasteiger partial charge in [0.15, 0.2) is 0 Å². The Morgan fingerprint density at radius 1 is 1.00 bits per heavy atom. The number of nitrogens with zero attached hydrogens (tertiary/aromatic N) is 1. The van der Waals surface area contributed by atoms with E-state index in [1.165, 1.54) is 0 Å². The van der Waals surface area contributed by atoms with Crippen molar-refractivity contribution in [2.24, 2.45) is 0 Å². The molecule has 3 rings (SSSR count). The Labute approximate surface area is 168 Å². The molecular weight excluding hydrogens is 385 g/mol. The average Bonchev–Trinajstić information content (AvgIpc) is 3.17. The third-order valence-electron chi connectivity index (χ3n) is 4.41. The Kier molecular flexibility index (Phi) is 6.14. The summed E-state index contributed by atoms with van der Waals surface area (Å²) in [4.78, 5) is 0. The number of ether oxygens (including phenoxy) is 2. The first-order valence-electron chi connectivity index (χ1n) is 8.49. The molecule has 0 saturated carbocycles. The molecule has 2 N–H and O–H groups in total. The number of halogens is 2. The molecule has 7 heteroatoms. The van der Waals surface area contributed by atoms with E-state index < -0.39 is 0 Å². The fourth-order valence-corrected chi connectivity index (χ4v) is 3.66. The van der Waals surface area contributed by atoms with Crippen LogP contribution in [-0.4, -0.2) is 31.5 Å². The summed E-state index contributed by atoms with van der Waals surface area (Å²) in [5, 5.41) is 11.7. The zero-order valence-electron chi connectivity index (χ0n) is 15.4. The summed E-state index contributed by atoms with van der Waals surface area (Å²) in [5.41, 5.74) is 4.74. The minimum absolute atomic E-state index is 0.503. The molecule has 27 heavy (non-hydrogen) atoms. The van der Waals surface area contributed by atoms with Crippen LogP contribution in [0.3, 0.4) is 0 Å². The lowest BCUT2D eigenvalue weighted by Gasteiger charge is -2.14. The van der Waals surface area contributed by atoms with Gasteiger partial charge in [0.1, 0.15) is 11.5 Å². The molecule has 3 aromatic rings. The molecule has 0 aliphatic heterocycles. The number of nitrogens with one attached hydrogen (secondary N) is 2. The minimum atomic E-state index is 0.503. The maximum atomic E-state index is 6.45. The van der Waals surface area contributed by atoms with Crippen molar-refractivity contribution in [3.05, 3.63) is 57.7 Å². The van der Waals surface area contributed by atoms with Gasteiger partial charge in [-0.2, -0.15) is 5.10 Å². The van der Waals surface area contributed by atoms with Crippen molar-refractivity contribution in [2.75, 3.05) is 26.6 Å². The van der Waals surface area contributed by atoms with Gasteiger partial charge < -0.3 is 14.8 Å². The molecule has 0 atom stereocenters. The van der Waals surface area contributed by atoms with Gasteiger partial charge in [-0.3, -0.25) is 5.10 Å². The molecule has 1 heterocycles. The minimum Gasteiger partial charge on any atom is -0.495 e. The summed E-state index contributed by atoms with van der Waals surface area (Å²) in [5.74, 6) is 1.09. The second-order valence-corrected chi connectivity index (χ2v) is 6.72. The normalized spacial score (nSPS) is 10.7. The van der Waals surface area contributed by atoms with Gasteiger partial charge in [-0.15, -0.1) is 0 Å². The van der Waals surface area contributed by atoms with E-state index in [1.54, 1.807) is 20.3 Å². The van der Waals surface area contributed by atoms with E-state index in [9.17, 15) is 0 Å². The van der Waals surface area contributed by atoms with Crippen LogP contribution in [0.25, 0.3) is 11.3 Å². The second-order valence-electron chi connectivity index (χ2n) is 5.96. The Balaban J connectivity index is 1.84. The van der Waals surface area contributed by atoms with Crippen LogP contribution >= 0.6 is 23.2 Å². The highest BCUT2D eigenvalue weighted by Gasteiger charge is 2.17. The number of hydrogen-bond donors (Lipinski definition) is 2. The highest BCUT2D eigenvalue weighted by molar-refractivity contribution is 6.37. The number of aryl methyl sites for hydroxylation is 1. The number of anilines is 1. The topological polar surface area (TPSA) is 59.2 Å². The van der Waals surface area contributed by atoms with E-state index in [0.717, 1.165) is 28.2 Å². The maximum absolute atomic E-state index is 6.45. The van der Waals surface area contributed by atoms with E-state index in [1.807, 2.05) is 37.4 Å². The van der Waals surface area contributed by atoms with Crippen LogP contribution in [0.1, 0.15) is 11.3 Å². The van der Waals surface area contributed by atoms with Crippen molar-refractivity contribution < 1.29 is 9.47 Å². The number of para-hydroxylation sites is 1. The van der Waals surface area contributed by atoms with Gasteiger partial charge >= 0.3 is 0 Å². The van der Waals surface area contributed by atoms with Crippen molar-refractivity contribution >= 4 is 28.9 Å². The lowest BCUT2D eigenvalue weighted by Crippen LogP contribution is -1.98. The molecule has 0 aliphatic carbocycles. The SMILES string of the molecule is CNc1ccccc1-c1cc(CCc2c(Cl)c(OC)cc(OC)c2Cl)[nH]n1. The van der Waals surface area contributed by atoms with Gasteiger partial charge in [-0.1, -0.05) is 41.4 Å². The monoisotopic (exact) mass is 405 g/mol. The summed E-state index contributed by atoms with van der Waals surface area (Å²) in [7, 11) is 5.03. The van der Waals surface area contributed by atoms with Crippen molar-refractivity contribution in [3.8, 4) is 22.8 Å².